The van der Waals surface area contributed by atoms with Gasteiger partial charge in [-0.3, -0.25) is 14.7 Å². The summed E-state index contributed by atoms with van der Waals surface area (Å²) in [5.74, 6) is 0. The Morgan fingerprint density at radius 1 is 1.26 bits per heavy atom. The zero-order valence-electron chi connectivity index (χ0n) is 15.5. The molecule has 4 rings (SSSR count). The van der Waals surface area contributed by atoms with Crippen LogP contribution in [0.25, 0.3) is 5.57 Å². The minimum atomic E-state index is -3.00. The first-order valence-electron chi connectivity index (χ1n) is 8.98. The number of aromatic nitrogens is 4. The summed E-state index contributed by atoms with van der Waals surface area (Å²) in [6.45, 7) is 1.39. The Balaban J connectivity index is 1.63. The Labute approximate surface area is 158 Å². The summed E-state index contributed by atoms with van der Waals surface area (Å²) in [7, 11) is -1.11. The summed E-state index contributed by atoms with van der Waals surface area (Å²) in [4.78, 5) is 2.30. The molecule has 4 heterocycles. The van der Waals surface area contributed by atoms with Gasteiger partial charge in [0.05, 0.1) is 17.6 Å². The van der Waals surface area contributed by atoms with Crippen molar-refractivity contribution in [1.82, 2.24) is 30.2 Å². The molecule has 1 fully saturated rings. The molecule has 2 aromatic heterocycles. The van der Waals surface area contributed by atoms with Crippen LogP contribution in [-0.2, 0) is 22.5 Å². The highest BCUT2D eigenvalue weighted by Gasteiger charge is 2.41. The summed E-state index contributed by atoms with van der Waals surface area (Å²) >= 11 is 0. The van der Waals surface area contributed by atoms with Crippen LogP contribution in [-0.4, -0.2) is 57.9 Å². The highest BCUT2D eigenvalue weighted by atomic mass is 32.2. The largest absolute Gasteiger partial charge is 0.365 e. The molecule has 0 amide bonds. The standard InChI is InChI=1S/C18H24N6O2S/c1-23-13-16(12-22-23)18(24-7-4-17(5-8-24)27(2,25)26)6-3-14(9-19-18)15-10-20-21-11-15/h3,6,9-13,17,19H,4-5,7-8H2,1-2H3,(H,20,21). The maximum atomic E-state index is 11.9. The average molecular weight is 388 g/mol. The van der Waals surface area contributed by atoms with Crippen molar-refractivity contribution in [2.24, 2.45) is 7.05 Å². The summed E-state index contributed by atoms with van der Waals surface area (Å²) in [6.07, 6.45) is 16.3. The van der Waals surface area contributed by atoms with Crippen LogP contribution in [0, 0.1) is 0 Å². The molecule has 8 nitrogen and oxygen atoms in total. The van der Waals surface area contributed by atoms with Crippen LogP contribution in [0.15, 0.2) is 43.1 Å². The molecule has 2 N–H and O–H groups in total. The number of allylic oxidation sites excluding steroid dienone is 2. The Hall–Kier alpha value is -2.39. The lowest BCUT2D eigenvalue weighted by atomic mass is 9.93. The van der Waals surface area contributed by atoms with Crippen LogP contribution in [0.4, 0.5) is 0 Å². The van der Waals surface area contributed by atoms with Crippen molar-refractivity contribution in [3.05, 3.63) is 54.3 Å². The molecule has 9 heteroatoms. The summed E-state index contributed by atoms with van der Waals surface area (Å²) < 4.78 is 25.6. The number of sulfone groups is 1. The van der Waals surface area contributed by atoms with E-state index in [4.69, 9.17) is 0 Å². The summed E-state index contributed by atoms with van der Waals surface area (Å²) in [6, 6.07) is 0. The van der Waals surface area contributed by atoms with E-state index >= 15 is 0 Å². The van der Waals surface area contributed by atoms with E-state index in [2.05, 4.69) is 37.7 Å². The molecule has 0 saturated carbocycles. The van der Waals surface area contributed by atoms with Gasteiger partial charge in [0.1, 0.15) is 15.5 Å². The van der Waals surface area contributed by atoms with Crippen LogP contribution in [0.1, 0.15) is 24.0 Å². The van der Waals surface area contributed by atoms with Crippen LogP contribution < -0.4 is 5.32 Å². The fourth-order valence-corrected chi connectivity index (χ4v) is 4.96. The lowest BCUT2D eigenvalue weighted by Crippen LogP contribution is -2.57. The highest BCUT2D eigenvalue weighted by molar-refractivity contribution is 7.91. The van der Waals surface area contributed by atoms with Gasteiger partial charge in [-0.05, 0) is 18.9 Å². The Morgan fingerprint density at radius 2 is 2.04 bits per heavy atom. The SMILES string of the molecule is Cn1cc(C2(N3CCC(S(C)(=O)=O)CC3)C=CC(c3cn[nH]c3)=CN2)cn1. The molecule has 1 saturated heterocycles. The number of piperidine rings is 1. The number of rotatable bonds is 4. The Morgan fingerprint density at radius 3 is 2.56 bits per heavy atom. The summed E-state index contributed by atoms with van der Waals surface area (Å²) in [5.41, 5.74) is 2.54. The number of nitrogens with zero attached hydrogens (tertiary/aromatic N) is 4. The predicted molar refractivity (Wildman–Crippen MR) is 103 cm³/mol. The molecule has 0 aromatic carbocycles. The molecule has 2 aliphatic rings. The predicted octanol–water partition coefficient (Wildman–Crippen LogP) is 1.01. The van der Waals surface area contributed by atoms with Crippen LogP contribution in [0.2, 0.25) is 0 Å². The first-order valence-corrected chi connectivity index (χ1v) is 10.9. The van der Waals surface area contributed by atoms with Crippen molar-refractivity contribution in [2.45, 2.75) is 23.8 Å². The number of aromatic amines is 1. The second-order valence-corrected chi connectivity index (χ2v) is 9.58. The Bertz CT molecular complexity index is 967. The number of hydrogen-bond donors (Lipinski definition) is 2. The molecular formula is C18H24N6O2S. The van der Waals surface area contributed by atoms with Crippen molar-refractivity contribution in [2.75, 3.05) is 19.3 Å². The van der Waals surface area contributed by atoms with Gasteiger partial charge in [0, 0.05) is 61.7 Å². The fraction of sp³-hybridized carbons (Fsp3) is 0.444. The second-order valence-electron chi connectivity index (χ2n) is 7.25. The lowest BCUT2D eigenvalue weighted by Gasteiger charge is -2.46. The van der Waals surface area contributed by atoms with Crippen LogP contribution >= 0.6 is 0 Å². The number of aryl methyl sites for hydroxylation is 1. The zero-order chi connectivity index (χ0) is 19.1. The van der Waals surface area contributed by atoms with Crippen LogP contribution in [0.3, 0.4) is 0 Å². The van der Waals surface area contributed by atoms with E-state index in [1.54, 1.807) is 10.9 Å². The zero-order valence-corrected chi connectivity index (χ0v) is 16.3. The molecule has 0 aliphatic carbocycles. The average Bonchev–Trinajstić information content (AvgIpc) is 3.33. The molecule has 0 bridgehead atoms. The van der Waals surface area contributed by atoms with Gasteiger partial charge in [-0.15, -0.1) is 0 Å². The van der Waals surface area contributed by atoms with Gasteiger partial charge >= 0.3 is 0 Å². The topological polar surface area (TPSA) is 95.9 Å². The molecule has 0 spiro atoms. The van der Waals surface area contributed by atoms with Gasteiger partial charge in [0.15, 0.2) is 0 Å². The summed E-state index contributed by atoms with van der Waals surface area (Å²) in [5, 5.41) is 14.5. The number of H-pyrrole nitrogens is 1. The molecule has 27 heavy (non-hydrogen) atoms. The van der Waals surface area contributed by atoms with E-state index in [9.17, 15) is 8.42 Å². The van der Waals surface area contributed by atoms with Gasteiger partial charge < -0.3 is 5.32 Å². The smallest absolute Gasteiger partial charge is 0.150 e. The van der Waals surface area contributed by atoms with Crippen molar-refractivity contribution < 1.29 is 8.42 Å². The third-order valence-corrected chi connectivity index (χ3v) is 7.16. The molecule has 1 atom stereocenters. The molecule has 2 aromatic rings. The number of dihydropyridines is 1. The second kappa shape index (κ2) is 6.65. The maximum absolute atomic E-state index is 11.9. The van der Waals surface area contributed by atoms with Gasteiger partial charge in [-0.1, -0.05) is 6.08 Å². The third kappa shape index (κ3) is 3.32. The van der Waals surface area contributed by atoms with Crippen LogP contribution in [0.5, 0.6) is 0 Å². The normalized spacial score (nSPS) is 24.6. The quantitative estimate of drug-likeness (QED) is 0.811. The molecule has 0 radical (unpaired) electrons. The third-order valence-electron chi connectivity index (χ3n) is 5.47. The number of likely N-dealkylation sites (tertiary alicyclic amines) is 1. The molecule has 2 aliphatic heterocycles. The van der Waals surface area contributed by atoms with E-state index < -0.39 is 15.5 Å². The van der Waals surface area contributed by atoms with Gasteiger partial charge in [0.25, 0.3) is 0 Å². The van der Waals surface area contributed by atoms with Gasteiger partial charge in [0.2, 0.25) is 0 Å². The molecular weight excluding hydrogens is 364 g/mol. The van der Waals surface area contributed by atoms with E-state index in [0.29, 0.717) is 25.9 Å². The molecule has 144 valence electrons. The van der Waals surface area contributed by atoms with E-state index in [1.165, 1.54) is 6.26 Å². The van der Waals surface area contributed by atoms with E-state index in [0.717, 1.165) is 16.7 Å². The minimum Gasteiger partial charge on any atom is -0.365 e. The monoisotopic (exact) mass is 388 g/mol. The van der Waals surface area contributed by atoms with Gasteiger partial charge in [-0.25, -0.2) is 8.42 Å². The first-order chi connectivity index (χ1) is 12.9. The van der Waals surface area contributed by atoms with E-state index in [-0.39, 0.29) is 5.25 Å². The van der Waals surface area contributed by atoms with Crippen molar-refractivity contribution in [3.63, 3.8) is 0 Å². The van der Waals surface area contributed by atoms with Crippen molar-refractivity contribution >= 4 is 15.4 Å². The van der Waals surface area contributed by atoms with Crippen molar-refractivity contribution in [3.8, 4) is 0 Å². The number of hydrogen-bond acceptors (Lipinski definition) is 6. The number of nitrogens with one attached hydrogen (secondary N) is 2. The lowest BCUT2D eigenvalue weighted by molar-refractivity contribution is 0.0855. The fourth-order valence-electron chi connectivity index (χ4n) is 3.90. The minimum absolute atomic E-state index is 0.260. The van der Waals surface area contributed by atoms with E-state index in [1.807, 2.05) is 31.8 Å². The van der Waals surface area contributed by atoms with Crippen molar-refractivity contribution in [1.29, 1.82) is 0 Å². The Kier molecular flexibility index (Phi) is 4.43. The first kappa shape index (κ1) is 18.0. The maximum Gasteiger partial charge on any atom is 0.150 e. The molecule has 1 unspecified atom stereocenters. The van der Waals surface area contributed by atoms with Gasteiger partial charge in [-0.2, -0.15) is 10.2 Å². The highest BCUT2D eigenvalue weighted by Crippen LogP contribution is 2.35.